The average Bonchev–Trinajstić information content (AvgIpc) is 3.22. The fourth-order valence-corrected chi connectivity index (χ4v) is 3.95. The molecule has 5 rings (SSSR count). The lowest BCUT2D eigenvalue weighted by molar-refractivity contribution is 0.0999. The predicted molar refractivity (Wildman–Crippen MR) is 132 cm³/mol. The second kappa shape index (κ2) is 8.63. The Morgan fingerprint density at radius 2 is 1.42 bits per heavy atom. The number of hydrogen-bond acceptors (Lipinski definition) is 3. The summed E-state index contributed by atoms with van der Waals surface area (Å²) in [5.74, 6) is -0.673. The quantitative estimate of drug-likeness (QED) is 0.325. The maximum absolute atomic E-state index is 13.3. The summed E-state index contributed by atoms with van der Waals surface area (Å²) in [7, 11) is 0. The molecule has 0 aliphatic carbocycles. The lowest BCUT2D eigenvalue weighted by atomic mass is 10.0. The molecular formula is C28H22N2O3. The molecule has 5 nitrogen and oxygen atoms in total. The summed E-state index contributed by atoms with van der Waals surface area (Å²) in [6, 6.07) is 28.2. The maximum atomic E-state index is 13.3. The van der Waals surface area contributed by atoms with E-state index < -0.39 is 5.91 Å². The predicted octanol–water partition coefficient (Wildman–Crippen LogP) is 6.65. The second-order valence-corrected chi connectivity index (χ2v) is 7.79. The van der Waals surface area contributed by atoms with Crippen LogP contribution in [0.15, 0.2) is 95.4 Å². The van der Waals surface area contributed by atoms with Crippen molar-refractivity contribution in [2.45, 2.75) is 13.3 Å². The molecule has 0 aliphatic rings. The molecule has 5 heteroatoms. The Bertz CT molecular complexity index is 1480. The van der Waals surface area contributed by atoms with Crippen LogP contribution in [0.2, 0.25) is 0 Å². The number of nitrogens with one attached hydrogen (secondary N) is 2. The number of rotatable bonds is 5. The number of furan rings is 1. The molecule has 0 bridgehead atoms. The Hall–Kier alpha value is -4.38. The number of carbonyl (C=O) groups excluding carboxylic acids is 2. The number of para-hydroxylation sites is 1. The molecule has 5 aromatic rings. The van der Waals surface area contributed by atoms with E-state index in [-0.39, 0.29) is 11.7 Å². The summed E-state index contributed by atoms with van der Waals surface area (Å²) in [4.78, 5) is 26.4. The Labute approximate surface area is 191 Å². The number of benzene rings is 4. The normalized spacial score (nSPS) is 10.9. The monoisotopic (exact) mass is 434 g/mol. The van der Waals surface area contributed by atoms with E-state index in [2.05, 4.69) is 17.6 Å². The summed E-state index contributed by atoms with van der Waals surface area (Å²) < 4.78 is 5.88. The average molecular weight is 434 g/mol. The van der Waals surface area contributed by atoms with Gasteiger partial charge in [-0.05, 0) is 53.1 Å². The summed E-state index contributed by atoms with van der Waals surface area (Å²) in [5.41, 5.74) is 3.24. The van der Waals surface area contributed by atoms with Crippen LogP contribution < -0.4 is 10.6 Å². The molecule has 0 spiro atoms. The number of amides is 2. The molecule has 0 radical (unpaired) electrons. The van der Waals surface area contributed by atoms with Crippen molar-refractivity contribution in [2.24, 2.45) is 0 Å². The van der Waals surface area contributed by atoms with Gasteiger partial charge in [0.05, 0.1) is 0 Å². The lowest BCUT2D eigenvalue weighted by Crippen LogP contribution is -2.17. The molecule has 2 amide bonds. The molecule has 162 valence electrons. The van der Waals surface area contributed by atoms with E-state index in [9.17, 15) is 9.59 Å². The van der Waals surface area contributed by atoms with Crippen LogP contribution in [0.5, 0.6) is 0 Å². The zero-order chi connectivity index (χ0) is 22.8. The van der Waals surface area contributed by atoms with Crippen molar-refractivity contribution < 1.29 is 14.0 Å². The van der Waals surface area contributed by atoms with Crippen LogP contribution >= 0.6 is 0 Å². The summed E-state index contributed by atoms with van der Waals surface area (Å²) in [6.07, 6.45) is 0.919. The maximum Gasteiger partial charge on any atom is 0.293 e. The van der Waals surface area contributed by atoms with Crippen molar-refractivity contribution >= 4 is 44.9 Å². The Morgan fingerprint density at radius 1 is 0.727 bits per heavy atom. The first kappa shape index (κ1) is 20.5. The van der Waals surface area contributed by atoms with Gasteiger partial charge < -0.3 is 15.1 Å². The van der Waals surface area contributed by atoms with Gasteiger partial charge in [0.15, 0.2) is 0 Å². The zero-order valence-electron chi connectivity index (χ0n) is 18.1. The van der Waals surface area contributed by atoms with Crippen molar-refractivity contribution in [2.75, 3.05) is 10.6 Å². The van der Waals surface area contributed by atoms with Crippen LogP contribution in [-0.2, 0) is 6.42 Å². The molecule has 1 heterocycles. The molecule has 0 fully saturated rings. The fraction of sp³-hybridized carbons (Fsp3) is 0.0714. The third kappa shape index (κ3) is 3.96. The van der Waals surface area contributed by atoms with E-state index in [1.165, 1.54) is 5.56 Å². The minimum atomic E-state index is -0.427. The topological polar surface area (TPSA) is 71.3 Å². The Balaban J connectivity index is 1.51. The van der Waals surface area contributed by atoms with E-state index in [4.69, 9.17) is 4.42 Å². The summed E-state index contributed by atoms with van der Waals surface area (Å²) >= 11 is 0. The van der Waals surface area contributed by atoms with Crippen LogP contribution in [-0.4, -0.2) is 11.8 Å². The number of aryl methyl sites for hydroxylation is 1. The van der Waals surface area contributed by atoms with Gasteiger partial charge in [-0.25, -0.2) is 0 Å². The lowest BCUT2D eigenvalue weighted by Gasteiger charge is -2.09. The van der Waals surface area contributed by atoms with Gasteiger partial charge in [0.2, 0.25) is 5.76 Å². The highest BCUT2D eigenvalue weighted by atomic mass is 16.3. The minimum absolute atomic E-state index is 0.0596. The van der Waals surface area contributed by atoms with Crippen molar-refractivity contribution in [3.63, 3.8) is 0 Å². The Morgan fingerprint density at radius 3 is 2.21 bits per heavy atom. The van der Waals surface area contributed by atoms with Crippen molar-refractivity contribution in [3.8, 4) is 0 Å². The Kier molecular flexibility index (Phi) is 5.37. The molecule has 0 aliphatic heterocycles. The van der Waals surface area contributed by atoms with E-state index in [1.54, 1.807) is 12.1 Å². The minimum Gasteiger partial charge on any atom is -0.449 e. The van der Waals surface area contributed by atoms with Gasteiger partial charge in [0.25, 0.3) is 11.8 Å². The summed E-state index contributed by atoms with van der Waals surface area (Å²) in [6.45, 7) is 2.08. The highest BCUT2D eigenvalue weighted by Gasteiger charge is 2.23. The molecule has 2 N–H and O–H groups in total. The smallest absolute Gasteiger partial charge is 0.293 e. The molecule has 0 atom stereocenters. The molecule has 0 unspecified atom stereocenters. The van der Waals surface area contributed by atoms with Gasteiger partial charge in [-0.3, -0.25) is 9.59 Å². The third-order valence-electron chi connectivity index (χ3n) is 5.69. The van der Waals surface area contributed by atoms with Crippen LogP contribution in [0, 0.1) is 0 Å². The summed E-state index contributed by atoms with van der Waals surface area (Å²) in [5, 5.41) is 8.28. The van der Waals surface area contributed by atoms with Crippen LogP contribution in [0.1, 0.15) is 33.4 Å². The highest BCUT2D eigenvalue weighted by Crippen LogP contribution is 2.32. The number of hydrogen-bond donors (Lipinski definition) is 2. The van der Waals surface area contributed by atoms with E-state index in [1.807, 2.05) is 78.9 Å². The molecule has 0 saturated heterocycles. The molecule has 33 heavy (non-hydrogen) atoms. The first-order chi connectivity index (χ1) is 16.1. The standard InChI is InChI=1S/C28H22N2O3/c1-2-18-14-16-20(17-15-18)29-28(32)26-25(23-11-5-6-13-24(23)33-26)30-27(31)22-12-7-9-19-8-3-4-10-21(19)22/h3-17H,2H2,1H3,(H,29,32)(H,30,31). The largest absolute Gasteiger partial charge is 0.449 e. The highest BCUT2D eigenvalue weighted by molar-refractivity contribution is 6.19. The van der Waals surface area contributed by atoms with E-state index >= 15 is 0 Å². The van der Waals surface area contributed by atoms with E-state index in [0.29, 0.717) is 27.9 Å². The first-order valence-electron chi connectivity index (χ1n) is 10.8. The second-order valence-electron chi connectivity index (χ2n) is 7.79. The van der Waals surface area contributed by atoms with Gasteiger partial charge in [-0.15, -0.1) is 0 Å². The molecule has 0 saturated carbocycles. The SMILES string of the molecule is CCc1ccc(NC(=O)c2oc3ccccc3c2NC(=O)c2cccc3ccccc23)cc1. The van der Waals surface area contributed by atoms with Gasteiger partial charge >= 0.3 is 0 Å². The van der Waals surface area contributed by atoms with Crippen molar-refractivity contribution in [1.29, 1.82) is 0 Å². The molecule has 1 aromatic heterocycles. The van der Waals surface area contributed by atoms with Crippen molar-refractivity contribution in [1.82, 2.24) is 0 Å². The van der Waals surface area contributed by atoms with Gasteiger partial charge in [0, 0.05) is 16.6 Å². The number of carbonyl (C=O) groups is 2. The van der Waals surface area contributed by atoms with Crippen molar-refractivity contribution in [3.05, 3.63) is 108 Å². The van der Waals surface area contributed by atoms with E-state index in [0.717, 1.165) is 17.2 Å². The van der Waals surface area contributed by atoms with Crippen LogP contribution in [0.3, 0.4) is 0 Å². The first-order valence-corrected chi connectivity index (χ1v) is 10.8. The number of fused-ring (bicyclic) bond motifs is 2. The molecular weight excluding hydrogens is 412 g/mol. The van der Waals surface area contributed by atoms with Gasteiger partial charge in [0.1, 0.15) is 11.3 Å². The number of anilines is 2. The van der Waals surface area contributed by atoms with Crippen LogP contribution in [0.4, 0.5) is 11.4 Å². The van der Waals surface area contributed by atoms with Gasteiger partial charge in [-0.2, -0.15) is 0 Å². The fourth-order valence-electron chi connectivity index (χ4n) is 3.95. The zero-order valence-corrected chi connectivity index (χ0v) is 18.1. The van der Waals surface area contributed by atoms with Crippen LogP contribution in [0.25, 0.3) is 21.7 Å². The third-order valence-corrected chi connectivity index (χ3v) is 5.69. The van der Waals surface area contributed by atoms with Gasteiger partial charge in [-0.1, -0.05) is 67.6 Å². The molecule has 4 aromatic carbocycles.